The number of hydrogen-bond donors (Lipinski definition) is 1. The van der Waals surface area contributed by atoms with Crippen molar-refractivity contribution in [3.05, 3.63) is 12.2 Å². The molecular formula is C13H20N2O. The van der Waals surface area contributed by atoms with E-state index in [-0.39, 0.29) is 0 Å². The fraction of sp³-hybridized carbons (Fsp3) is 0.769. The average molecular weight is 220 g/mol. The third kappa shape index (κ3) is 1.67. The van der Waals surface area contributed by atoms with Gasteiger partial charge >= 0.3 is 0 Å². The van der Waals surface area contributed by atoms with Gasteiger partial charge in [-0.2, -0.15) is 0 Å². The first-order valence-electron chi connectivity index (χ1n) is 6.42. The molecule has 2 N–H and O–H groups in total. The van der Waals surface area contributed by atoms with Crippen LogP contribution in [0.3, 0.4) is 0 Å². The lowest BCUT2D eigenvalue weighted by Gasteiger charge is -2.25. The van der Waals surface area contributed by atoms with Crippen LogP contribution >= 0.6 is 0 Å². The van der Waals surface area contributed by atoms with Crippen molar-refractivity contribution in [3.8, 4) is 0 Å². The zero-order chi connectivity index (χ0) is 11.1. The summed E-state index contributed by atoms with van der Waals surface area (Å²) in [4.78, 5) is 13.8. The molecule has 2 bridgehead atoms. The van der Waals surface area contributed by atoms with Gasteiger partial charge in [0.1, 0.15) is 0 Å². The maximum Gasteiger partial charge on any atom is 0.222 e. The highest BCUT2D eigenvalue weighted by molar-refractivity contribution is 5.78. The lowest BCUT2D eigenvalue weighted by atomic mass is 9.93. The number of carbonyl (C=O) groups is 1. The highest BCUT2D eigenvalue weighted by Crippen LogP contribution is 2.44. The van der Waals surface area contributed by atoms with E-state index in [1.54, 1.807) is 0 Å². The zero-order valence-electron chi connectivity index (χ0n) is 9.64. The second-order valence-corrected chi connectivity index (χ2v) is 5.64. The second-order valence-electron chi connectivity index (χ2n) is 5.64. The molecule has 0 aromatic heterocycles. The number of fused-ring (bicyclic) bond motifs is 2. The molecule has 3 nitrogen and oxygen atoms in total. The Kier molecular flexibility index (Phi) is 2.51. The number of likely N-dealkylation sites (tertiary alicyclic amines) is 1. The van der Waals surface area contributed by atoms with Crippen molar-refractivity contribution < 1.29 is 4.79 Å². The van der Waals surface area contributed by atoms with Crippen molar-refractivity contribution in [1.29, 1.82) is 0 Å². The molecule has 1 aliphatic heterocycles. The van der Waals surface area contributed by atoms with Crippen molar-refractivity contribution in [3.63, 3.8) is 0 Å². The maximum absolute atomic E-state index is 11.8. The number of nitrogens with zero attached hydrogens (tertiary/aromatic N) is 1. The predicted molar refractivity (Wildman–Crippen MR) is 62.6 cm³/mol. The Morgan fingerprint density at radius 3 is 2.81 bits per heavy atom. The quantitative estimate of drug-likeness (QED) is 0.721. The van der Waals surface area contributed by atoms with Crippen LogP contribution in [0.4, 0.5) is 0 Å². The number of amides is 1. The van der Waals surface area contributed by atoms with E-state index in [1.165, 1.54) is 12.8 Å². The summed E-state index contributed by atoms with van der Waals surface area (Å²) in [5.41, 5.74) is 5.64. The molecular weight excluding hydrogens is 200 g/mol. The summed E-state index contributed by atoms with van der Waals surface area (Å²) in [6, 6.07) is 0. The number of rotatable bonds is 3. The van der Waals surface area contributed by atoms with Gasteiger partial charge in [-0.1, -0.05) is 12.2 Å². The van der Waals surface area contributed by atoms with Gasteiger partial charge in [-0.25, -0.2) is 0 Å². The SMILES string of the molecule is NCC1CC(=O)N(CC2CC3C=CC2C3)C1. The summed E-state index contributed by atoms with van der Waals surface area (Å²) in [7, 11) is 0. The Bertz CT molecular complexity index is 326. The highest BCUT2D eigenvalue weighted by Gasteiger charge is 2.38. The molecule has 1 saturated carbocycles. The molecule has 3 rings (SSSR count). The van der Waals surface area contributed by atoms with Crippen molar-refractivity contribution in [2.45, 2.75) is 19.3 Å². The average Bonchev–Trinajstić information content (AvgIpc) is 2.95. The standard InChI is InChI=1S/C13H20N2O/c14-6-10-5-13(16)15(7-10)8-12-4-9-1-2-11(12)3-9/h1-2,9-12H,3-8,14H2. The molecule has 0 aromatic carbocycles. The van der Waals surface area contributed by atoms with Crippen molar-refractivity contribution in [2.24, 2.45) is 29.4 Å². The van der Waals surface area contributed by atoms with E-state index >= 15 is 0 Å². The second kappa shape index (κ2) is 3.88. The van der Waals surface area contributed by atoms with Gasteiger partial charge < -0.3 is 10.6 Å². The van der Waals surface area contributed by atoms with Crippen LogP contribution in [0, 0.1) is 23.7 Å². The summed E-state index contributed by atoms with van der Waals surface area (Å²) in [6.07, 6.45) is 8.01. The minimum absolute atomic E-state index is 0.321. The largest absolute Gasteiger partial charge is 0.342 e. The van der Waals surface area contributed by atoms with Crippen LogP contribution in [-0.4, -0.2) is 30.4 Å². The Balaban J connectivity index is 1.59. The molecule has 2 fully saturated rings. The first kappa shape index (κ1) is 10.3. The first-order valence-corrected chi connectivity index (χ1v) is 6.42. The van der Waals surface area contributed by atoms with Gasteiger partial charge in [0.2, 0.25) is 5.91 Å². The monoisotopic (exact) mass is 220 g/mol. The Morgan fingerprint density at radius 1 is 1.38 bits per heavy atom. The summed E-state index contributed by atoms with van der Waals surface area (Å²) in [5, 5.41) is 0. The zero-order valence-corrected chi connectivity index (χ0v) is 9.64. The normalized spacial score (nSPS) is 41.3. The number of carbonyl (C=O) groups excluding carboxylic acids is 1. The van der Waals surface area contributed by atoms with Crippen LogP contribution in [-0.2, 0) is 4.79 Å². The molecule has 2 aliphatic carbocycles. The van der Waals surface area contributed by atoms with E-state index in [4.69, 9.17) is 5.73 Å². The van der Waals surface area contributed by atoms with E-state index in [9.17, 15) is 4.79 Å². The van der Waals surface area contributed by atoms with E-state index in [2.05, 4.69) is 17.1 Å². The van der Waals surface area contributed by atoms with Crippen molar-refractivity contribution in [2.75, 3.05) is 19.6 Å². The van der Waals surface area contributed by atoms with Crippen molar-refractivity contribution >= 4 is 5.91 Å². The predicted octanol–water partition coefficient (Wildman–Crippen LogP) is 1.01. The van der Waals surface area contributed by atoms with Gasteiger partial charge in [-0.3, -0.25) is 4.79 Å². The Hall–Kier alpha value is -0.830. The fourth-order valence-corrected chi connectivity index (χ4v) is 3.58. The van der Waals surface area contributed by atoms with Crippen LogP contribution in [0.25, 0.3) is 0 Å². The lowest BCUT2D eigenvalue weighted by Crippen LogP contribution is -2.33. The highest BCUT2D eigenvalue weighted by atomic mass is 16.2. The van der Waals surface area contributed by atoms with Gasteiger partial charge in [0, 0.05) is 19.5 Å². The van der Waals surface area contributed by atoms with Crippen LogP contribution in [0.1, 0.15) is 19.3 Å². The van der Waals surface area contributed by atoms with E-state index < -0.39 is 0 Å². The fourth-order valence-electron chi connectivity index (χ4n) is 3.58. The Morgan fingerprint density at radius 2 is 2.25 bits per heavy atom. The van der Waals surface area contributed by atoms with Gasteiger partial charge in [-0.15, -0.1) is 0 Å². The van der Waals surface area contributed by atoms with Gasteiger partial charge in [0.05, 0.1) is 0 Å². The molecule has 3 heteroatoms. The molecule has 88 valence electrons. The summed E-state index contributed by atoms with van der Waals surface area (Å²) < 4.78 is 0. The molecule has 1 heterocycles. The minimum Gasteiger partial charge on any atom is -0.342 e. The molecule has 1 saturated heterocycles. The van der Waals surface area contributed by atoms with Gasteiger partial charge in [0.25, 0.3) is 0 Å². The molecule has 4 unspecified atom stereocenters. The topological polar surface area (TPSA) is 46.3 Å². The smallest absolute Gasteiger partial charge is 0.222 e. The van der Waals surface area contributed by atoms with Crippen LogP contribution in [0.2, 0.25) is 0 Å². The molecule has 0 aromatic rings. The number of hydrogen-bond acceptors (Lipinski definition) is 2. The molecule has 1 amide bonds. The molecule has 3 aliphatic rings. The van der Waals surface area contributed by atoms with E-state index in [1.807, 2.05) is 0 Å². The molecule has 4 atom stereocenters. The molecule has 0 radical (unpaired) electrons. The summed E-state index contributed by atoms with van der Waals surface area (Å²) in [6.45, 7) is 2.52. The molecule has 0 spiro atoms. The summed E-state index contributed by atoms with van der Waals surface area (Å²) in [5.74, 6) is 2.99. The van der Waals surface area contributed by atoms with Crippen LogP contribution in [0.5, 0.6) is 0 Å². The summed E-state index contributed by atoms with van der Waals surface area (Å²) >= 11 is 0. The van der Waals surface area contributed by atoms with Crippen LogP contribution < -0.4 is 5.73 Å². The van der Waals surface area contributed by atoms with Gasteiger partial charge in [-0.05, 0) is 43.1 Å². The van der Waals surface area contributed by atoms with Crippen LogP contribution in [0.15, 0.2) is 12.2 Å². The van der Waals surface area contributed by atoms with E-state index in [0.29, 0.717) is 24.8 Å². The third-order valence-electron chi connectivity index (χ3n) is 4.50. The van der Waals surface area contributed by atoms with Gasteiger partial charge in [0.15, 0.2) is 0 Å². The third-order valence-corrected chi connectivity index (χ3v) is 4.50. The van der Waals surface area contributed by atoms with Crippen molar-refractivity contribution in [1.82, 2.24) is 4.90 Å². The first-order chi connectivity index (χ1) is 7.76. The molecule has 16 heavy (non-hydrogen) atoms. The maximum atomic E-state index is 11.8. The minimum atomic E-state index is 0.321. The van der Waals surface area contributed by atoms with E-state index in [0.717, 1.165) is 30.8 Å². The number of nitrogens with two attached hydrogens (primary N) is 1. The lowest BCUT2D eigenvalue weighted by molar-refractivity contribution is -0.128. The number of allylic oxidation sites excluding steroid dienone is 2. The Labute approximate surface area is 96.7 Å².